The van der Waals surface area contributed by atoms with Gasteiger partial charge in [-0.1, -0.05) is 30.3 Å². The molecule has 0 aliphatic rings. The maximum Gasteiger partial charge on any atom is 0.234 e. The molecule has 5 nitrogen and oxygen atoms in total. The van der Waals surface area contributed by atoms with Crippen LogP contribution in [0.3, 0.4) is 0 Å². The van der Waals surface area contributed by atoms with Crippen LogP contribution in [0.25, 0.3) is 0 Å². The predicted molar refractivity (Wildman–Crippen MR) is 113 cm³/mol. The number of carbonyl (C=O) groups excluding carboxylic acids is 2. The number of nitrogens with one attached hydrogen (secondary N) is 2. The molecule has 28 heavy (non-hydrogen) atoms. The molecule has 2 aromatic rings. The van der Waals surface area contributed by atoms with Crippen LogP contribution in [0.4, 0.5) is 10.1 Å². The van der Waals surface area contributed by atoms with E-state index in [4.69, 9.17) is 0 Å². The Morgan fingerprint density at radius 2 is 1.71 bits per heavy atom. The van der Waals surface area contributed by atoms with E-state index in [2.05, 4.69) is 15.5 Å². The predicted octanol–water partition coefficient (Wildman–Crippen LogP) is 3.31. The molecule has 0 heterocycles. The Hall–Kier alpha value is -2.38. The zero-order chi connectivity index (χ0) is 20.5. The molecular formula is C21H26FN3O2S. The Morgan fingerprint density at radius 3 is 2.32 bits per heavy atom. The van der Waals surface area contributed by atoms with Crippen LogP contribution in [-0.2, 0) is 9.59 Å². The van der Waals surface area contributed by atoms with Crippen molar-refractivity contribution in [2.75, 3.05) is 31.7 Å². The van der Waals surface area contributed by atoms with E-state index in [0.29, 0.717) is 12.2 Å². The monoisotopic (exact) mass is 403 g/mol. The minimum absolute atomic E-state index is 0.0733. The van der Waals surface area contributed by atoms with Crippen LogP contribution in [0.5, 0.6) is 0 Å². The molecule has 2 atom stereocenters. The maximum atomic E-state index is 12.9. The van der Waals surface area contributed by atoms with Crippen LogP contribution in [0.2, 0.25) is 0 Å². The number of thioether (sulfide) groups is 1. The molecule has 2 rings (SSSR count). The summed E-state index contributed by atoms with van der Waals surface area (Å²) < 4.78 is 12.9. The second kappa shape index (κ2) is 10.8. The lowest BCUT2D eigenvalue weighted by Crippen LogP contribution is -2.38. The average molecular weight is 404 g/mol. The summed E-state index contributed by atoms with van der Waals surface area (Å²) in [5.74, 6) is -0.555. The summed E-state index contributed by atoms with van der Waals surface area (Å²) in [4.78, 5) is 26.4. The second-order valence-electron chi connectivity index (χ2n) is 6.64. The number of hydrogen-bond acceptors (Lipinski definition) is 4. The largest absolute Gasteiger partial charge is 0.353 e. The SMILES string of the molecule is CC(SCC(=O)Nc1ccc(F)cc1)C(=O)NCC(c1ccccc1)N(C)C. The molecule has 2 amide bonds. The topological polar surface area (TPSA) is 61.4 Å². The summed E-state index contributed by atoms with van der Waals surface area (Å²) in [5, 5.41) is 5.29. The number of hydrogen-bond donors (Lipinski definition) is 2. The first-order valence-corrected chi connectivity index (χ1v) is 10.1. The number of amides is 2. The number of anilines is 1. The zero-order valence-electron chi connectivity index (χ0n) is 16.3. The van der Waals surface area contributed by atoms with Crippen molar-refractivity contribution in [1.29, 1.82) is 0 Å². The molecule has 0 fully saturated rings. The van der Waals surface area contributed by atoms with E-state index in [1.165, 1.54) is 36.0 Å². The van der Waals surface area contributed by atoms with Crippen molar-refractivity contribution in [1.82, 2.24) is 10.2 Å². The molecule has 0 saturated heterocycles. The lowest BCUT2D eigenvalue weighted by Gasteiger charge is -2.25. The summed E-state index contributed by atoms with van der Waals surface area (Å²) in [7, 11) is 3.95. The number of rotatable bonds is 9. The van der Waals surface area contributed by atoms with Crippen molar-refractivity contribution in [3.8, 4) is 0 Å². The van der Waals surface area contributed by atoms with Gasteiger partial charge in [-0.05, 0) is 50.8 Å². The first-order valence-electron chi connectivity index (χ1n) is 9.03. The van der Waals surface area contributed by atoms with Gasteiger partial charge in [0.1, 0.15) is 5.82 Å². The van der Waals surface area contributed by atoms with Gasteiger partial charge >= 0.3 is 0 Å². The summed E-state index contributed by atoms with van der Waals surface area (Å²) in [6.07, 6.45) is 0. The number of benzene rings is 2. The van der Waals surface area contributed by atoms with Crippen molar-refractivity contribution in [2.45, 2.75) is 18.2 Å². The fourth-order valence-corrected chi connectivity index (χ4v) is 3.33. The maximum absolute atomic E-state index is 12.9. The molecule has 2 unspecified atom stereocenters. The highest BCUT2D eigenvalue weighted by atomic mass is 32.2. The van der Waals surface area contributed by atoms with E-state index in [1.807, 2.05) is 44.4 Å². The Balaban J connectivity index is 1.78. The fraction of sp³-hybridized carbons (Fsp3) is 0.333. The smallest absolute Gasteiger partial charge is 0.234 e. The minimum Gasteiger partial charge on any atom is -0.353 e. The molecule has 0 bridgehead atoms. The Kier molecular flexibility index (Phi) is 8.47. The molecule has 2 aromatic carbocycles. The highest BCUT2D eigenvalue weighted by Gasteiger charge is 2.19. The summed E-state index contributed by atoms with van der Waals surface area (Å²) in [6, 6.07) is 15.6. The van der Waals surface area contributed by atoms with Crippen molar-refractivity contribution in [2.24, 2.45) is 0 Å². The molecule has 0 spiro atoms. The number of nitrogens with zero attached hydrogens (tertiary/aromatic N) is 1. The highest BCUT2D eigenvalue weighted by Crippen LogP contribution is 2.18. The molecule has 0 radical (unpaired) electrons. The van der Waals surface area contributed by atoms with E-state index >= 15 is 0 Å². The molecular weight excluding hydrogens is 377 g/mol. The third-order valence-corrected chi connectivity index (χ3v) is 5.38. The normalized spacial score (nSPS) is 13.0. The first-order chi connectivity index (χ1) is 13.4. The second-order valence-corrected chi connectivity index (χ2v) is 7.97. The van der Waals surface area contributed by atoms with Crippen LogP contribution >= 0.6 is 11.8 Å². The Morgan fingerprint density at radius 1 is 1.07 bits per heavy atom. The van der Waals surface area contributed by atoms with Crippen LogP contribution in [0, 0.1) is 5.82 Å². The van der Waals surface area contributed by atoms with Gasteiger partial charge in [0.2, 0.25) is 11.8 Å². The van der Waals surface area contributed by atoms with Gasteiger partial charge in [0.15, 0.2) is 0 Å². The Labute approximate surface area is 169 Å². The van der Waals surface area contributed by atoms with E-state index in [-0.39, 0.29) is 34.7 Å². The molecule has 0 saturated carbocycles. The van der Waals surface area contributed by atoms with Crippen LogP contribution in [0.15, 0.2) is 54.6 Å². The van der Waals surface area contributed by atoms with E-state index < -0.39 is 0 Å². The third-order valence-electron chi connectivity index (χ3n) is 4.24. The van der Waals surface area contributed by atoms with Gasteiger partial charge in [-0.3, -0.25) is 9.59 Å². The van der Waals surface area contributed by atoms with Gasteiger partial charge in [0, 0.05) is 12.2 Å². The standard InChI is InChI=1S/C21H26FN3O2S/c1-15(28-14-20(26)24-18-11-9-17(22)10-12-18)21(27)23-13-19(25(2)3)16-7-5-4-6-8-16/h4-12,15,19H,13-14H2,1-3H3,(H,23,27)(H,24,26). The van der Waals surface area contributed by atoms with Gasteiger partial charge in [-0.15, -0.1) is 11.8 Å². The molecule has 0 aliphatic heterocycles. The highest BCUT2D eigenvalue weighted by molar-refractivity contribution is 8.01. The van der Waals surface area contributed by atoms with Crippen LogP contribution in [0.1, 0.15) is 18.5 Å². The zero-order valence-corrected chi connectivity index (χ0v) is 17.1. The number of halogens is 1. The fourth-order valence-electron chi connectivity index (χ4n) is 2.62. The summed E-state index contributed by atoms with van der Waals surface area (Å²) >= 11 is 1.26. The Bertz CT molecular complexity index is 769. The van der Waals surface area contributed by atoms with Crippen molar-refractivity contribution in [3.05, 3.63) is 66.0 Å². The van der Waals surface area contributed by atoms with E-state index in [9.17, 15) is 14.0 Å². The number of carbonyl (C=O) groups is 2. The van der Waals surface area contributed by atoms with Gasteiger partial charge in [-0.25, -0.2) is 4.39 Å². The van der Waals surface area contributed by atoms with Crippen molar-refractivity contribution < 1.29 is 14.0 Å². The van der Waals surface area contributed by atoms with Gasteiger partial charge in [0.05, 0.1) is 17.0 Å². The molecule has 7 heteroatoms. The van der Waals surface area contributed by atoms with Crippen LogP contribution in [-0.4, -0.2) is 48.4 Å². The number of likely N-dealkylation sites (N-methyl/N-ethyl adjacent to an activating group) is 1. The summed E-state index contributed by atoms with van der Waals surface area (Å²) in [5.41, 5.74) is 1.66. The molecule has 0 aliphatic carbocycles. The van der Waals surface area contributed by atoms with Gasteiger partial charge < -0.3 is 15.5 Å². The quantitative estimate of drug-likeness (QED) is 0.674. The molecule has 2 N–H and O–H groups in total. The molecule has 0 aromatic heterocycles. The first kappa shape index (κ1) is 21.9. The molecule has 150 valence electrons. The lowest BCUT2D eigenvalue weighted by molar-refractivity contribution is -0.120. The minimum atomic E-state index is -0.363. The van der Waals surface area contributed by atoms with Gasteiger partial charge in [-0.2, -0.15) is 0 Å². The van der Waals surface area contributed by atoms with Crippen LogP contribution < -0.4 is 10.6 Å². The average Bonchev–Trinajstić information content (AvgIpc) is 2.68. The summed E-state index contributed by atoms with van der Waals surface area (Å²) in [6.45, 7) is 2.26. The third kappa shape index (κ3) is 6.98. The van der Waals surface area contributed by atoms with Crippen molar-refractivity contribution in [3.63, 3.8) is 0 Å². The van der Waals surface area contributed by atoms with Gasteiger partial charge in [0.25, 0.3) is 0 Å². The lowest BCUT2D eigenvalue weighted by atomic mass is 10.1. The van der Waals surface area contributed by atoms with E-state index in [1.54, 1.807) is 6.92 Å². The van der Waals surface area contributed by atoms with E-state index in [0.717, 1.165) is 5.56 Å². The van der Waals surface area contributed by atoms with Crippen molar-refractivity contribution >= 4 is 29.3 Å².